The Kier molecular flexibility index (Phi) is 13.4. The van der Waals surface area contributed by atoms with Crippen molar-refractivity contribution in [2.45, 2.75) is 123 Å². The quantitative estimate of drug-likeness (QED) is 0.0968. The third-order valence-electron chi connectivity index (χ3n) is 8.95. The van der Waals surface area contributed by atoms with E-state index in [9.17, 15) is 25.5 Å². The van der Waals surface area contributed by atoms with Crippen LogP contribution in [0.2, 0.25) is 0 Å². The first-order valence-electron chi connectivity index (χ1n) is 15.2. The first-order chi connectivity index (χ1) is 21.8. The van der Waals surface area contributed by atoms with Crippen LogP contribution in [0.25, 0.3) is 0 Å². The SMILES string of the molecule is CO[C@H]1OC(CN)[C@@H](O[C@H]2OC(CN)[C@@H](O[C@H]3OC(CN)[C@@H](O[C@H]4OC(CN)[C@@H](O)C(O)[C@@H]4N)C(O)[C@@H]3N)C(O)[C@@H]2N)C(O)[C@@H]1N. The van der Waals surface area contributed by atoms with Crippen LogP contribution in [0.1, 0.15) is 0 Å². The molecule has 4 saturated heterocycles. The number of methoxy groups -OCH3 is 1. The average molecular weight is 673 g/mol. The Morgan fingerprint density at radius 1 is 0.435 bits per heavy atom. The molecule has 0 aromatic carbocycles. The molecule has 4 aliphatic heterocycles. The Bertz CT molecular complexity index is 946. The molecule has 21 nitrogen and oxygen atoms in total. The minimum Gasteiger partial charge on any atom is -0.388 e. The molecular weight excluding hydrogens is 620 g/mol. The van der Waals surface area contributed by atoms with Gasteiger partial charge >= 0.3 is 0 Å². The summed E-state index contributed by atoms with van der Waals surface area (Å²) in [6.07, 6.45) is -19.4. The molecule has 0 aliphatic carbocycles. The molecule has 20 atom stereocenters. The van der Waals surface area contributed by atoms with Crippen molar-refractivity contribution in [3.05, 3.63) is 0 Å². The predicted octanol–water partition coefficient (Wildman–Crippen LogP) is -9.36. The first-order valence-corrected chi connectivity index (χ1v) is 15.2. The zero-order chi connectivity index (χ0) is 34.0. The second kappa shape index (κ2) is 16.2. The van der Waals surface area contributed by atoms with Crippen LogP contribution in [0.4, 0.5) is 0 Å². The molecule has 4 aliphatic rings. The molecule has 4 fully saturated rings. The first kappa shape index (κ1) is 38.0. The van der Waals surface area contributed by atoms with Crippen LogP contribution in [0, 0.1) is 0 Å². The van der Waals surface area contributed by atoms with E-state index in [-0.39, 0.29) is 26.2 Å². The maximum Gasteiger partial charge on any atom is 0.176 e. The van der Waals surface area contributed by atoms with Crippen LogP contribution in [-0.4, -0.2) is 181 Å². The summed E-state index contributed by atoms with van der Waals surface area (Å²) in [7, 11) is 1.37. The number of hydrogen-bond acceptors (Lipinski definition) is 21. The summed E-state index contributed by atoms with van der Waals surface area (Å²) in [5.74, 6) is 0. The minimum absolute atomic E-state index is 0.0634. The molecule has 4 rings (SSSR count). The summed E-state index contributed by atoms with van der Waals surface area (Å²) in [5, 5.41) is 53.7. The van der Waals surface area contributed by atoms with Crippen LogP contribution in [-0.2, 0) is 37.9 Å². The highest BCUT2D eigenvalue weighted by Gasteiger charge is 2.53. The van der Waals surface area contributed by atoms with Crippen molar-refractivity contribution in [3.63, 3.8) is 0 Å². The molecule has 0 aromatic heterocycles. The highest BCUT2D eigenvalue weighted by Crippen LogP contribution is 2.32. The molecule has 0 bridgehead atoms. The number of aliphatic hydroxyl groups excluding tert-OH is 5. The van der Waals surface area contributed by atoms with E-state index in [0.29, 0.717) is 0 Å². The van der Waals surface area contributed by atoms with Crippen molar-refractivity contribution in [1.82, 2.24) is 0 Å². The van der Waals surface area contributed by atoms with Gasteiger partial charge in [0, 0.05) is 33.3 Å². The Morgan fingerprint density at radius 2 is 0.717 bits per heavy atom. The summed E-state index contributed by atoms with van der Waals surface area (Å²) in [4.78, 5) is 0. The fourth-order valence-electron chi connectivity index (χ4n) is 6.09. The Morgan fingerprint density at radius 3 is 1.04 bits per heavy atom. The minimum atomic E-state index is -1.48. The van der Waals surface area contributed by atoms with Gasteiger partial charge in [0.25, 0.3) is 0 Å². The maximum atomic E-state index is 11.2. The van der Waals surface area contributed by atoms with Gasteiger partial charge in [0.15, 0.2) is 25.2 Å². The molecule has 0 saturated carbocycles. The summed E-state index contributed by atoms with van der Waals surface area (Å²) >= 11 is 0. The van der Waals surface area contributed by atoms with Gasteiger partial charge in [-0.05, 0) is 0 Å². The summed E-state index contributed by atoms with van der Waals surface area (Å²) in [5.41, 5.74) is 48.0. The van der Waals surface area contributed by atoms with Crippen molar-refractivity contribution in [2.24, 2.45) is 45.9 Å². The van der Waals surface area contributed by atoms with Crippen LogP contribution in [0.3, 0.4) is 0 Å². The van der Waals surface area contributed by atoms with Crippen molar-refractivity contribution in [2.75, 3.05) is 33.3 Å². The van der Waals surface area contributed by atoms with Crippen LogP contribution in [0.5, 0.6) is 0 Å². The van der Waals surface area contributed by atoms with Gasteiger partial charge in [0.2, 0.25) is 0 Å². The van der Waals surface area contributed by atoms with E-state index in [0.717, 1.165) is 0 Å². The van der Waals surface area contributed by atoms with Crippen molar-refractivity contribution >= 4 is 0 Å². The van der Waals surface area contributed by atoms with E-state index in [1.54, 1.807) is 0 Å². The summed E-state index contributed by atoms with van der Waals surface area (Å²) in [6, 6.07) is -4.71. The normalized spacial score (nSPS) is 52.0. The highest BCUT2D eigenvalue weighted by molar-refractivity contribution is 5.00. The van der Waals surface area contributed by atoms with Gasteiger partial charge in [-0.3, -0.25) is 0 Å². The zero-order valence-electron chi connectivity index (χ0n) is 25.5. The number of ether oxygens (including phenoxy) is 8. The topological polar surface area (TPSA) is 383 Å². The standard InChI is InChI=1S/C25H52N8O13/c1-39-22-11(31)16(36)19(7(3-27)41-22)45-24-13(33)18(38)21(9(5-29)43-24)46-25-12(32)17(37)20(8(4-28)42-25)44-23-10(30)15(35)14(34)6(2-26)40-23/h6-25,34-38H,2-5,26-33H2,1H3/t6?,7?,8?,9?,10-,11-,12-,13-,14+,15?,16?,17?,18?,19+,20+,21+,22-,23+,24+,25+/m0/s1. The fraction of sp³-hybridized carbons (Fsp3) is 1.00. The van der Waals surface area contributed by atoms with Gasteiger partial charge < -0.3 is 109 Å². The smallest absolute Gasteiger partial charge is 0.176 e. The second-order valence-corrected chi connectivity index (χ2v) is 11.9. The lowest BCUT2D eigenvalue weighted by atomic mass is 9.93. The Labute approximate surface area is 265 Å². The molecule has 270 valence electrons. The maximum absolute atomic E-state index is 11.2. The van der Waals surface area contributed by atoms with E-state index < -0.39 is 123 Å². The summed E-state index contributed by atoms with van der Waals surface area (Å²) in [6.45, 7) is -0.585. The molecule has 0 aromatic rings. The van der Waals surface area contributed by atoms with E-state index in [4.69, 9.17) is 83.8 Å². The molecule has 0 spiro atoms. The average Bonchev–Trinajstić information content (AvgIpc) is 3.05. The Hall–Kier alpha value is -0.840. The molecule has 4 heterocycles. The van der Waals surface area contributed by atoms with Gasteiger partial charge in [-0.1, -0.05) is 0 Å². The van der Waals surface area contributed by atoms with Crippen molar-refractivity contribution in [3.8, 4) is 0 Å². The van der Waals surface area contributed by atoms with Crippen LogP contribution < -0.4 is 45.9 Å². The number of hydrogen-bond donors (Lipinski definition) is 13. The third-order valence-corrected chi connectivity index (χ3v) is 8.95. The molecule has 0 radical (unpaired) electrons. The zero-order valence-corrected chi connectivity index (χ0v) is 25.5. The van der Waals surface area contributed by atoms with Crippen LogP contribution >= 0.6 is 0 Å². The second-order valence-electron chi connectivity index (χ2n) is 11.9. The van der Waals surface area contributed by atoms with Crippen molar-refractivity contribution in [1.29, 1.82) is 0 Å². The molecular formula is C25H52N8O13. The highest BCUT2D eigenvalue weighted by atomic mass is 16.8. The van der Waals surface area contributed by atoms with E-state index in [1.165, 1.54) is 7.11 Å². The monoisotopic (exact) mass is 672 g/mol. The van der Waals surface area contributed by atoms with Crippen LogP contribution in [0.15, 0.2) is 0 Å². The lowest BCUT2D eigenvalue weighted by Crippen LogP contribution is -2.70. The van der Waals surface area contributed by atoms with E-state index in [2.05, 4.69) is 0 Å². The lowest BCUT2D eigenvalue weighted by molar-refractivity contribution is -0.352. The number of rotatable bonds is 11. The third kappa shape index (κ3) is 7.50. The molecule has 21 heteroatoms. The number of nitrogens with two attached hydrogens (primary N) is 8. The molecule has 46 heavy (non-hydrogen) atoms. The van der Waals surface area contributed by atoms with Gasteiger partial charge in [-0.2, -0.15) is 0 Å². The van der Waals surface area contributed by atoms with E-state index >= 15 is 0 Å². The fourth-order valence-corrected chi connectivity index (χ4v) is 6.09. The van der Waals surface area contributed by atoms with Gasteiger partial charge in [-0.25, -0.2) is 0 Å². The van der Waals surface area contributed by atoms with E-state index in [1.807, 2.05) is 0 Å². The molecule has 0 amide bonds. The van der Waals surface area contributed by atoms with Gasteiger partial charge in [-0.15, -0.1) is 0 Å². The Balaban J connectivity index is 1.43. The largest absolute Gasteiger partial charge is 0.388 e. The number of aliphatic hydroxyl groups is 5. The van der Waals surface area contributed by atoms with Crippen molar-refractivity contribution < 1.29 is 63.4 Å². The van der Waals surface area contributed by atoms with Gasteiger partial charge in [0.05, 0.1) is 24.2 Å². The summed E-state index contributed by atoms with van der Waals surface area (Å²) < 4.78 is 46.3. The predicted molar refractivity (Wildman–Crippen MR) is 154 cm³/mol. The lowest BCUT2D eigenvalue weighted by Gasteiger charge is -2.50. The van der Waals surface area contributed by atoms with Gasteiger partial charge in [0.1, 0.15) is 73.2 Å². The molecule has 8 unspecified atom stereocenters. The molecule has 21 N–H and O–H groups in total.